The first-order valence-electron chi connectivity index (χ1n) is 7.89. The largest absolute Gasteiger partial charge is 0.343 e. The first kappa shape index (κ1) is 15.2. The lowest BCUT2D eigenvalue weighted by Gasteiger charge is -2.31. The molecule has 1 aromatic heterocycles. The third-order valence-corrected chi connectivity index (χ3v) is 4.29. The molecule has 1 saturated heterocycles. The predicted molar refractivity (Wildman–Crippen MR) is 84.4 cm³/mol. The zero-order valence-corrected chi connectivity index (χ0v) is 12.9. The minimum absolute atomic E-state index is 0.196. The molecule has 6 nitrogen and oxygen atoms in total. The highest BCUT2D eigenvalue weighted by molar-refractivity contribution is 5.76. The topological polar surface area (TPSA) is 74.8 Å². The monoisotopic (exact) mass is 309 g/mol. The smallest absolute Gasteiger partial charge is 0.222 e. The molecule has 0 N–H and O–H groups in total. The second-order valence-corrected chi connectivity index (χ2v) is 5.77. The second kappa shape index (κ2) is 7.05. The van der Waals surface area contributed by atoms with Gasteiger partial charge in [-0.2, -0.15) is 20.3 Å². The van der Waals surface area contributed by atoms with Crippen LogP contribution in [0.5, 0.6) is 0 Å². The Morgan fingerprint density at radius 1 is 1.17 bits per heavy atom. The van der Waals surface area contributed by atoms with Crippen LogP contribution in [0.25, 0.3) is 0 Å². The molecule has 2 heterocycles. The number of aryl methyl sites for hydroxylation is 1. The van der Waals surface area contributed by atoms with E-state index in [1.54, 1.807) is 29.3 Å². The number of piperidine rings is 1. The second-order valence-electron chi connectivity index (χ2n) is 5.77. The molecule has 0 unspecified atom stereocenters. The molecule has 118 valence electrons. The van der Waals surface area contributed by atoms with Crippen LogP contribution in [0.1, 0.15) is 36.4 Å². The standard InChI is InChI=1S/C17H19N5O/c18-13-15-3-1-14(2-4-15)5-6-17(23)21-11-7-16(8-12-21)22-19-9-10-20-22/h1-4,9-10,16H,5-8,11-12H2. The molecule has 0 spiro atoms. The highest BCUT2D eigenvalue weighted by atomic mass is 16.2. The molecule has 1 fully saturated rings. The van der Waals surface area contributed by atoms with E-state index in [2.05, 4.69) is 16.3 Å². The van der Waals surface area contributed by atoms with Gasteiger partial charge < -0.3 is 4.90 Å². The Kier molecular flexibility index (Phi) is 4.67. The molecule has 6 heteroatoms. The van der Waals surface area contributed by atoms with Gasteiger partial charge in [0.25, 0.3) is 0 Å². The average Bonchev–Trinajstić information content (AvgIpc) is 3.15. The third kappa shape index (κ3) is 3.75. The Labute approximate surface area is 135 Å². The van der Waals surface area contributed by atoms with Gasteiger partial charge in [0.2, 0.25) is 5.91 Å². The van der Waals surface area contributed by atoms with E-state index in [0.29, 0.717) is 24.4 Å². The molecule has 0 radical (unpaired) electrons. The van der Waals surface area contributed by atoms with E-state index in [0.717, 1.165) is 31.5 Å². The van der Waals surface area contributed by atoms with Gasteiger partial charge in [-0.1, -0.05) is 12.1 Å². The van der Waals surface area contributed by atoms with Crippen molar-refractivity contribution < 1.29 is 4.79 Å². The number of nitrogens with zero attached hydrogens (tertiary/aromatic N) is 5. The van der Waals surface area contributed by atoms with Crippen LogP contribution in [0.4, 0.5) is 0 Å². The molecule has 0 aliphatic carbocycles. The number of carbonyl (C=O) groups excluding carboxylic acids is 1. The van der Waals surface area contributed by atoms with Gasteiger partial charge in [-0.05, 0) is 37.0 Å². The summed E-state index contributed by atoms with van der Waals surface area (Å²) in [6.45, 7) is 1.52. The number of benzene rings is 1. The van der Waals surface area contributed by atoms with Gasteiger partial charge in [0, 0.05) is 19.5 Å². The Balaban J connectivity index is 1.47. The quantitative estimate of drug-likeness (QED) is 0.865. The molecule has 1 aliphatic rings. The first-order chi connectivity index (χ1) is 11.3. The van der Waals surface area contributed by atoms with E-state index in [1.165, 1.54) is 0 Å². The summed E-state index contributed by atoms with van der Waals surface area (Å²) in [5, 5.41) is 17.1. The van der Waals surface area contributed by atoms with E-state index < -0.39 is 0 Å². The number of hydrogen-bond acceptors (Lipinski definition) is 4. The van der Waals surface area contributed by atoms with Crippen molar-refractivity contribution in [2.75, 3.05) is 13.1 Å². The zero-order chi connectivity index (χ0) is 16.1. The fourth-order valence-corrected chi connectivity index (χ4v) is 2.92. The van der Waals surface area contributed by atoms with Crippen LogP contribution in [0, 0.1) is 11.3 Å². The highest BCUT2D eigenvalue weighted by Gasteiger charge is 2.24. The summed E-state index contributed by atoms with van der Waals surface area (Å²) >= 11 is 0. The molecule has 0 atom stereocenters. The lowest BCUT2D eigenvalue weighted by atomic mass is 10.0. The maximum Gasteiger partial charge on any atom is 0.222 e. The van der Waals surface area contributed by atoms with Crippen LogP contribution < -0.4 is 0 Å². The summed E-state index contributed by atoms with van der Waals surface area (Å²) in [6.07, 6.45) is 6.40. The first-order valence-corrected chi connectivity index (χ1v) is 7.89. The minimum Gasteiger partial charge on any atom is -0.343 e. The Bertz CT molecular complexity index is 679. The van der Waals surface area contributed by atoms with Gasteiger partial charge in [-0.25, -0.2) is 0 Å². The van der Waals surface area contributed by atoms with Crippen LogP contribution >= 0.6 is 0 Å². The van der Waals surface area contributed by atoms with Crippen molar-refractivity contribution >= 4 is 5.91 Å². The Morgan fingerprint density at radius 2 is 1.83 bits per heavy atom. The Hall–Kier alpha value is -2.68. The van der Waals surface area contributed by atoms with Gasteiger partial charge in [-0.3, -0.25) is 4.79 Å². The van der Waals surface area contributed by atoms with Crippen LogP contribution in [-0.2, 0) is 11.2 Å². The zero-order valence-electron chi connectivity index (χ0n) is 12.9. The van der Waals surface area contributed by atoms with Crippen molar-refractivity contribution in [1.82, 2.24) is 19.9 Å². The fourth-order valence-electron chi connectivity index (χ4n) is 2.92. The molecule has 3 rings (SSSR count). The van der Waals surface area contributed by atoms with E-state index in [-0.39, 0.29) is 5.91 Å². The normalized spacial score (nSPS) is 15.3. The van der Waals surface area contributed by atoms with Crippen LogP contribution in [0.2, 0.25) is 0 Å². The molecule has 23 heavy (non-hydrogen) atoms. The van der Waals surface area contributed by atoms with E-state index in [1.807, 2.05) is 17.0 Å². The van der Waals surface area contributed by atoms with E-state index >= 15 is 0 Å². The Morgan fingerprint density at radius 3 is 2.43 bits per heavy atom. The third-order valence-electron chi connectivity index (χ3n) is 4.29. The number of amides is 1. The number of aromatic nitrogens is 3. The van der Waals surface area contributed by atoms with Crippen LogP contribution in [0.3, 0.4) is 0 Å². The summed E-state index contributed by atoms with van der Waals surface area (Å²) in [7, 11) is 0. The van der Waals surface area contributed by atoms with Crippen molar-refractivity contribution in [3.63, 3.8) is 0 Å². The van der Waals surface area contributed by atoms with Gasteiger partial charge in [-0.15, -0.1) is 0 Å². The van der Waals surface area contributed by atoms with Crippen LogP contribution in [-0.4, -0.2) is 38.9 Å². The van der Waals surface area contributed by atoms with Gasteiger partial charge in [0.1, 0.15) is 0 Å². The summed E-state index contributed by atoms with van der Waals surface area (Å²) in [5.41, 5.74) is 1.74. The molecular formula is C17H19N5O. The maximum absolute atomic E-state index is 12.3. The molecule has 0 bridgehead atoms. The van der Waals surface area contributed by atoms with Gasteiger partial charge >= 0.3 is 0 Å². The molecule has 1 amide bonds. The lowest BCUT2D eigenvalue weighted by Crippen LogP contribution is -2.39. The van der Waals surface area contributed by atoms with Crippen molar-refractivity contribution in [3.05, 3.63) is 47.8 Å². The number of nitriles is 1. The summed E-state index contributed by atoms with van der Waals surface area (Å²) in [5.74, 6) is 0.196. The van der Waals surface area contributed by atoms with Crippen LogP contribution in [0.15, 0.2) is 36.7 Å². The van der Waals surface area contributed by atoms with Crippen molar-refractivity contribution in [3.8, 4) is 6.07 Å². The summed E-state index contributed by atoms with van der Waals surface area (Å²) < 4.78 is 0. The minimum atomic E-state index is 0.196. The highest BCUT2D eigenvalue weighted by Crippen LogP contribution is 2.21. The lowest BCUT2D eigenvalue weighted by molar-refractivity contribution is -0.132. The SMILES string of the molecule is N#Cc1ccc(CCC(=O)N2CCC(n3nccn3)CC2)cc1. The fraction of sp³-hybridized carbons (Fsp3) is 0.412. The number of likely N-dealkylation sites (tertiary alicyclic amines) is 1. The van der Waals surface area contributed by atoms with Crippen molar-refractivity contribution in [2.24, 2.45) is 0 Å². The van der Waals surface area contributed by atoms with Crippen molar-refractivity contribution in [2.45, 2.75) is 31.7 Å². The summed E-state index contributed by atoms with van der Waals surface area (Å²) in [6, 6.07) is 9.82. The molecule has 0 saturated carbocycles. The number of hydrogen-bond donors (Lipinski definition) is 0. The van der Waals surface area contributed by atoms with Gasteiger partial charge in [0.05, 0.1) is 30.1 Å². The number of carbonyl (C=O) groups is 1. The predicted octanol–water partition coefficient (Wildman–Crippen LogP) is 1.95. The molecule has 1 aromatic carbocycles. The van der Waals surface area contributed by atoms with Crippen molar-refractivity contribution in [1.29, 1.82) is 5.26 Å². The average molecular weight is 309 g/mol. The van der Waals surface area contributed by atoms with E-state index in [9.17, 15) is 4.79 Å². The molecule has 1 aliphatic heterocycles. The molecular weight excluding hydrogens is 290 g/mol. The maximum atomic E-state index is 12.3. The number of rotatable bonds is 4. The van der Waals surface area contributed by atoms with E-state index in [4.69, 9.17) is 5.26 Å². The van der Waals surface area contributed by atoms with Gasteiger partial charge in [0.15, 0.2) is 0 Å². The molecule has 2 aromatic rings. The summed E-state index contributed by atoms with van der Waals surface area (Å²) in [4.78, 5) is 16.0.